The molecule has 4 rings (SSSR count). The van der Waals surface area contributed by atoms with Gasteiger partial charge in [0.1, 0.15) is 12.1 Å². The number of amides is 5. The smallest absolute Gasteiger partial charge is 0.409 e. The molecule has 0 bridgehead atoms. The van der Waals surface area contributed by atoms with Crippen LogP contribution in [0.2, 0.25) is 0 Å². The molecule has 16 nitrogen and oxygen atoms in total. The highest BCUT2D eigenvalue weighted by Crippen LogP contribution is 2.24. The van der Waals surface area contributed by atoms with E-state index in [9.17, 15) is 33.9 Å². The van der Waals surface area contributed by atoms with Crippen molar-refractivity contribution in [2.75, 3.05) is 58.7 Å². The third-order valence-electron chi connectivity index (χ3n) is 8.23. The maximum atomic E-state index is 13.5. The highest BCUT2D eigenvalue weighted by molar-refractivity contribution is 7.96. The van der Waals surface area contributed by atoms with Gasteiger partial charge < -0.3 is 34.6 Å². The number of nitrogens with one attached hydrogen (secondary N) is 1. The molecule has 0 aliphatic carbocycles. The first kappa shape index (κ1) is 37.0. The number of carbonyl (C=O) groups is 6. The zero-order chi connectivity index (χ0) is 35.5. The summed E-state index contributed by atoms with van der Waals surface area (Å²) in [6, 6.07) is 8.36. The Labute approximate surface area is 288 Å². The molecule has 2 atom stereocenters. The standard InChI is InChI=1S/C32H43N7O9S/c1-4-38(49-3)31(45)25-12-9-15-37(25)26(40)21-48-27-20-24(34-39(27)22-10-7-6-8-11-22)29(43)33-23(13-14-28(41)42)30(44)35-16-18-36(19-17-35)32(46)47-5-2/h6-8,10-11,20,23,25H,4-5,9,12-19,21H2,1-3H3,(H,33,43)(H,41,42). The quantitative estimate of drug-likeness (QED) is 0.273. The van der Waals surface area contributed by atoms with Gasteiger partial charge in [-0.2, -0.15) is 5.10 Å². The summed E-state index contributed by atoms with van der Waals surface area (Å²) in [4.78, 5) is 81.3. The number of ether oxygens (including phenoxy) is 2. The van der Waals surface area contributed by atoms with Gasteiger partial charge in [0.25, 0.3) is 17.7 Å². The molecular formula is C32H43N7O9S. The number of carboxylic acid groups (broad SMARTS) is 1. The minimum absolute atomic E-state index is 0.0783. The van der Waals surface area contributed by atoms with Crippen LogP contribution in [0.15, 0.2) is 36.4 Å². The zero-order valence-corrected chi connectivity index (χ0v) is 28.7. The molecule has 0 spiro atoms. The van der Waals surface area contributed by atoms with Gasteiger partial charge in [-0.25, -0.2) is 9.48 Å². The van der Waals surface area contributed by atoms with E-state index in [2.05, 4.69) is 10.4 Å². The highest BCUT2D eigenvalue weighted by atomic mass is 32.2. The third kappa shape index (κ3) is 9.43. The zero-order valence-electron chi connectivity index (χ0n) is 27.9. The lowest BCUT2D eigenvalue weighted by atomic mass is 10.1. The number of nitrogens with zero attached hydrogens (tertiary/aromatic N) is 6. The number of likely N-dealkylation sites (N-methyl/N-ethyl adjacent to an activating group) is 1. The fourth-order valence-electron chi connectivity index (χ4n) is 5.72. The fourth-order valence-corrected chi connectivity index (χ4v) is 6.28. The Morgan fingerprint density at radius 3 is 2.37 bits per heavy atom. The number of carboxylic acids is 1. The van der Waals surface area contributed by atoms with Gasteiger partial charge in [-0.15, -0.1) is 0 Å². The first-order valence-corrected chi connectivity index (χ1v) is 17.4. The average molecular weight is 702 g/mol. The Balaban J connectivity index is 1.49. The number of hydrogen-bond donors (Lipinski definition) is 2. The summed E-state index contributed by atoms with van der Waals surface area (Å²) in [5.41, 5.74) is 0.411. The van der Waals surface area contributed by atoms with Crippen LogP contribution in [0.25, 0.3) is 5.69 Å². The second-order valence-electron chi connectivity index (χ2n) is 11.3. The van der Waals surface area contributed by atoms with E-state index in [-0.39, 0.29) is 69.0 Å². The molecule has 2 aromatic rings. The number of para-hydroxylation sites is 1. The second kappa shape index (κ2) is 17.6. The number of likely N-dealkylation sites (tertiary alicyclic amines) is 1. The topological polar surface area (TPSA) is 184 Å². The summed E-state index contributed by atoms with van der Waals surface area (Å²) in [6.45, 7) is 5.13. The van der Waals surface area contributed by atoms with E-state index in [0.717, 1.165) is 0 Å². The van der Waals surface area contributed by atoms with Gasteiger partial charge >= 0.3 is 12.1 Å². The maximum Gasteiger partial charge on any atom is 0.409 e. The molecule has 2 saturated heterocycles. The summed E-state index contributed by atoms with van der Waals surface area (Å²) in [7, 11) is 0. The van der Waals surface area contributed by atoms with Crippen LogP contribution in [0.4, 0.5) is 4.79 Å². The number of hydrogen-bond acceptors (Lipinski definition) is 10. The number of aliphatic carboxylic acids is 1. The first-order chi connectivity index (χ1) is 23.6. The van der Waals surface area contributed by atoms with Crippen LogP contribution in [0.5, 0.6) is 5.88 Å². The van der Waals surface area contributed by atoms with E-state index >= 15 is 0 Å². The number of benzene rings is 1. The predicted octanol–water partition coefficient (Wildman–Crippen LogP) is 1.63. The Morgan fingerprint density at radius 1 is 1.04 bits per heavy atom. The molecule has 266 valence electrons. The van der Waals surface area contributed by atoms with Crippen LogP contribution >= 0.6 is 11.9 Å². The van der Waals surface area contributed by atoms with E-state index < -0.39 is 42.6 Å². The van der Waals surface area contributed by atoms with Crippen molar-refractivity contribution in [1.29, 1.82) is 0 Å². The van der Waals surface area contributed by atoms with Crippen molar-refractivity contribution in [3.05, 3.63) is 42.1 Å². The van der Waals surface area contributed by atoms with Gasteiger partial charge in [0.05, 0.1) is 12.3 Å². The van der Waals surface area contributed by atoms with Crippen molar-refractivity contribution < 1.29 is 43.3 Å². The first-order valence-electron chi connectivity index (χ1n) is 16.2. The van der Waals surface area contributed by atoms with E-state index in [1.807, 2.05) is 13.2 Å². The van der Waals surface area contributed by atoms with Crippen LogP contribution in [-0.2, 0) is 23.9 Å². The summed E-state index contributed by atoms with van der Waals surface area (Å²) < 4.78 is 13.9. The van der Waals surface area contributed by atoms with Crippen molar-refractivity contribution in [3.63, 3.8) is 0 Å². The Hall–Kier alpha value is -4.80. The van der Waals surface area contributed by atoms with E-state index in [0.29, 0.717) is 31.6 Å². The highest BCUT2D eigenvalue weighted by Gasteiger charge is 2.37. The number of carbonyl (C=O) groups excluding carboxylic acids is 5. The minimum Gasteiger partial charge on any atom is -0.481 e. The Morgan fingerprint density at radius 2 is 1.73 bits per heavy atom. The van der Waals surface area contributed by atoms with Crippen molar-refractivity contribution in [1.82, 2.24) is 34.1 Å². The number of piperazine rings is 1. The van der Waals surface area contributed by atoms with Gasteiger partial charge in [-0.1, -0.05) is 30.1 Å². The van der Waals surface area contributed by atoms with Crippen LogP contribution in [-0.4, -0.2) is 140 Å². The maximum absolute atomic E-state index is 13.5. The van der Waals surface area contributed by atoms with Crippen molar-refractivity contribution in [2.24, 2.45) is 0 Å². The fraction of sp³-hybridized carbons (Fsp3) is 0.531. The molecule has 2 fully saturated rings. The molecule has 0 saturated carbocycles. The Bertz CT molecular complexity index is 1490. The predicted molar refractivity (Wildman–Crippen MR) is 178 cm³/mol. The van der Waals surface area contributed by atoms with Gasteiger partial charge in [-0.3, -0.25) is 28.3 Å². The molecular weight excluding hydrogens is 658 g/mol. The monoisotopic (exact) mass is 701 g/mol. The molecule has 0 radical (unpaired) electrons. The molecule has 2 N–H and O–H groups in total. The van der Waals surface area contributed by atoms with Crippen LogP contribution in [0, 0.1) is 0 Å². The van der Waals surface area contributed by atoms with Crippen LogP contribution < -0.4 is 10.1 Å². The van der Waals surface area contributed by atoms with Gasteiger partial charge in [-0.05, 0) is 45.2 Å². The number of aromatic nitrogens is 2. The SMILES string of the molecule is CCOC(=O)N1CCN(C(=O)C(CCC(=O)O)NC(=O)c2cc(OCC(=O)N3CCCC3C(=O)N(CC)SC)n(-c3ccccc3)n2)CC1. The van der Waals surface area contributed by atoms with Gasteiger partial charge in [0, 0.05) is 58.0 Å². The molecule has 17 heteroatoms. The lowest BCUT2D eigenvalue weighted by molar-refractivity contribution is -0.142. The molecule has 3 heterocycles. The normalized spacial score (nSPS) is 16.6. The van der Waals surface area contributed by atoms with Crippen molar-refractivity contribution >= 4 is 47.6 Å². The summed E-state index contributed by atoms with van der Waals surface area (Å²) >= 11 is 1.31. The molecule has 1 aromatic heterocycles. The summed E-state index contributed by atoms with van der Waals surface area (Å²) in [5.74, 6) is -2.81. The van der Waals surface area contributed by atoms with Crippen molar-refractivity contribution in [2.45, 2.75) is 51.6 Å². The molecule has 2 aliphatic rings. The largest absolute Gasteiger partial charge is 0.481 e. The second-order valence-corrected chi connectivity index (χ2v) is 12.1. The summed E-state index contributed by atoms with van der Waals surface area (Å²) in [6.07, 6.45) is 2.02. The van der Waals surface area contributed by atoms with E-state index in [1.165, 1.54) is 37.4 Å². The summed E-state index contributed by atoms with van der Waals surface area (Å²) in [5, 5.41) is 16.4. The third-order valence-corrected chi connectivity index (χ3v) is 9.11. The lowest BCUT2D eigenvalue weighted by Gasteiger charge is -2.35. The van der Waals surface area contributed by atoms with E-state index in [1.54, 1.807) is 41.6 Å². The minimum atomic E-state index is -1.18. The molecule has 2 aliphatic heterocycles. The average Bonchev–Trinajstić information content (AvgIpc) is 3.78. The van der Waals surface area contributed by atoms with Crippen LogP contribution in [0.3, 0.4) is 0 Å². The molecule has 2 unspecified atom stereocenters. The Kier molecular flexibility index (Phi) is 13.3. The van der Waals surface area contributed by atoms with Gasteiger partial charge in [0.15, 0.2) is 12.3 Å². The molecule has 49 heavy (non-hydrogen) atoms. The molecule has 1 aromatic carbocycles. The van der Waals surface area contributed by atoms with Gasteiger partial charge in [0.2, 0.25) is 11.8 Å². The molecule has 5 amide bonds. The van der Waals surface area contributed by atoms with Crippen LogP contribution in [0.1, 0.15) is 50.0 Å². The van der Waals surface area contributed by atoms with E-state index in [4.69, 9.17) is 9.47 Å². The van der Waals surface area contributed by atoms with Crippen molar-refractivity contribution in [3.8, 4) is 11.6 Å². The number of rotatable bonds is 14. The lowest BCUT2D eigenvalue weighted by Crippen LogP contribution is -2.56.